The topological polar surface area (TPSA) is 218 Å². The van der Waals surface area contributed by atoms with Crippen LogP contribution in [0.3, 0.4) is 0 Å². The fourth-order valence-electron chi connectivity index (χ4n) is 2.90. The minimum atomic E-state index is -2.00. The molecule has 0 radical (unpaired) electrons. The lowest BCUT2D eigenvalue weighted by Crippen LogP contribution is -2.54. The maximum Gasteiger partial charge on any atom is 0.330 e. The Hall–Kier alpha value is -2.23. The Labute approximate surface area is 191 Å². The van der Waals surface area contributed by atoms with Crippen LogP contribution in [0.25, 0.3) is 0 Å². The Morgan fingerprint density at radius 2 is 2.06 bits per heavy atom. The molecule has 186 valence electrons. The average molecular weight is 491 g/mol. The van der Waals surface area contributed by atoms with Gasteiger partial charge in [0, 0.05) is 13.1 Å². The zero-order valence-electron chi connectivity index (χ0n) is 17.9. The van der Waals surface area contributed by atoms with Crippen LogP contribution < -0.4 is 26.8 Å². The van der Waals surface area contributed by atoms with E-state index in [9.17, 15) is 4.89 Å². The zero-order valence-corrected chi connectivity index (χ0v) is 18.8. The van der Waals surface area contributed by atoms with E-state index in [4.69, 9.17) is 44.6 Å². The number of ether oxygens (including phenoxy) is 3. The molecule has 1 saturated heterocycles. The summed E-state index contributed by atoms with van der Waals surface area (Å²) in [4.78, 5) is 30.7. The van der Waals surface area contributed by atoms with E-state index in [2.05, 4.69) is 25.6 Å². The van der Waals surface area contributed by atoms with Crippen LogP contribution in [0.2, 0.25) is 0 Å². The highest BCUT2D eigenvalue weighted by Gasteiger charge is 2.40. The Morgan fingerprint density at radius 1 is 1.30 bits per heavy atom. The van der Waals surface area contributed by atoms with Crippen molar-refractivity contribution in [3.8, 4) is 5.88 Å². The predicted molar refractivity (Wildman–Crippen MR) is 119 cm³/mol. The number of nitrogens with zero attached hydrogens (tertiary/aromatic N) is 3. The highest BCUT2D eigenvalue weighted by atomic mass is 31.2. The standard InChI is InChI=1S/C16H28N7O6P.CH2O2/c17-1-3-25-5-6-26-4-2-20-11-7-19-9-21-13-15(18)22-10-23-16(13)28-12-8-27-30(24)29-14(11)12;2-1-3/h9-12,14,20,24H,1-8,17H2,(H,19,21)(H2,18,22,23);1H,(H,2,3). The van der Waals surface area contributed by atoms with Crippen LogP contribution in [-0.4, -0.2) is 104 Å². The van der Waals surface area contributed by atoms with Gasteiger partial charge in [-0.2, -0.15) is 4.98 Å². The van der Waals surface area contributed by atoms with E-state index in [-0.39, 0.29) is 30.8 Å². The molecule has 2 aliphatic rings. The van der Waals surface area contributed by atoms with Crippen molar-refractivity contribution in [1.82, 2.24) is 15.3 Å². The van der Waals surface area contributed by atoms with Crippen LogP contribution in [0.4, 0.5) is 11.5 Å². The van der Waals surface area contributed by atoms with Gasteiger partial charge in [0.15, 0.2) is 11.9 Å². The van der Waals surface area contributed by atoms with Crippen molar-refractivity contribution in [3.63, 3.8) is 0 Å². The zero-order chi connectivity index (χ0) is 23.9. The Morgan fingerprint density at radius 3 is 2.82 bits per heavy atom. The number of nitrogen functional groups attached to an aromatic ring is 1. The van der Waals surface area contributed by atoms with E-state index in [1.54, 1.807) is 0 Å². The number of fused-ring (bicyclic) bond motifs is 2. The molecule has 1 aromatic rings. The number of carboxylic acid groups (broad SMARTS) is 1. The average Bonchev–Trinajstić information content (AvgIpc) is 2.80. The van der Waals surface area contributed by atoms with Crippen molar-refractivity contribution >= 4 is 32.9 Å². The minimum Gasteiger partial charge on any atom is -0.483 e. The fraction of sp³-hybridized carbons (Fsp3) is 0.647. The maximum absolute atomic E-state index is 9.90. The predicted octanol–water partition coefficient (Wildman–Crippen LogP) is -1.45. The lowest BCUT2D eigenvalue weighted by molar-refractivity contribution is -0.122. The summed E-state index contributed by atoms with van der Waals surface area (Å²) in [5.74, 6) is 0.481. The molecule has 3 heterocycles. The Kier molecular flexibility index (Phi) is 12.8. The number of nitrogens with two attached hydrogens (primary N) is 2. The molecule has 0 amide bonds. The number of aliphatic imine (C=N–C) groups is 1. The summed E-state index contributed by atoms with van der Waals surface area (Å²) < 4.78 is 27.7. The molecule has 4 unspecified atom stereocenters. The molecule has 1 aromatic heterocycles. The molecule has 0 bridgehead atoms. The summed E-state index contributed by atoms with van der Waals surface area (Å²) in [5, 5.41) is 13.2. The number of hydrogen-bond donors (Lipinski definition) is 6. The first-order valence-electron chi connectivity index (χ1n) is 10.1. The third-order valence-corrected chi connectivity index (χ3v) is 5.11. The summed E-state index contributed by atoms with van der Waals surface area (Å²) in [5.41, 5.74) is 11.7. The molecular weight excluding hydrogens is 461 g/mol. The molecule has 3 rings (SSSR count). The van der Waals surface area contributed by atoms with Gasteiger partial charge in [-0.3, -0.25) is 9.79 Å². The van der Waals surface area contributed by atoms with Crippen LogP contribution in [0.1, 0.15) is 0 Å². The molecular formula is C17H30N7O8P. The van der Waals surface area contributed by atoms with E-state index >= 15 is 0 Å². The Bertz CT molecular complexity index is 735. The van der Waals surface area contributed by atoms with Crippen LogP contribution in [0.15, 0.2) is 11.3 Å². The van der Waals surface area contributed by atoms with Gasteiger partial charge in [-0.1, -0.05) is 0 Å². The summed E-state index contributed by atoms with van der Waals surface area (Å²) >= 11 is 0. The van der Waals surface area contributed by atoms with Crippen molar-refractivity contribution in [2.45, 2.75) is 18.2 Å². The van der Waals surface area contributed by atoms with Crippen LogP contribution >= 0.6 is 8.60 Å². The second-order valence-corrected chi connectivity index (χ2v) is 7.46. The van der Waals surface area contributed by atoms with Crippen molar-refractivity contribution in [1.29, 1.82) is 0 Å². The number of anilines is 2. The summed E-state index contributed by atoms with van der Waals surface area (Å²) in [7, 11) is -2.00. The third kappa shape index (κ3) is 9.27. The first-order chi connectivity index (χ1) is 16.1. The normalized spacial score (nSPS) is 24.2. The van der Waals surface area contributed by atoms with Crippen molar-refractivity contribution in [2.75, 3.05) is 63.7 Å². The van der Waals surface area contributed by atoms with Gasteiger partial charge < -0.3 is 55.4 Å². The highest BCUT2D eigenvalue weighted by molar-refractivity contribution is 7.40. The molecule has 0 aliphatic carbocycles. The van der Waals surface area contributed by atoms with Crippen LogP contribution in [-0.2, 0) is 23.3 Å². The van der Waals surface area contributed by atoms with Crippen molar-refractivity contribution < 1.29 is 38.1 Å². The van der Waals surface area contributed by atoms with Gasteiger partial charge in [0.1, 0.15) is 18.1 Å². The molecule has 8 N–H and O–H groups in total. The van der Waals surface area contributed by atoms with E-state index in [0.29, 0.717) is 51.7 Å². The fourth-order valence-corrected chi connectivity index (χ4v) is 3.73. The van der Waals surface area contributed by atoms with E-state index < -0.39 is 20.8 Å². The quantitative estimate of drug-likeness (QED) is 0.132. The van der Waals surface area contributed by atoms with E-state index in [1.165, 1.54) is 12.7 Å². The van der Waals surface area contributed by atoms with E-state index in [0.717, 1.165) is 0 Å². The van der Waals surface area contributed by atoms with Gasteiger partial charge in [-0.15, -0.1) is 0 Å². The van der Waals surface area contributed by atoms with Crippen LogP contribution in [0.5, 0.6) is 5.88 Å². The van der Waals surface area contributed by atoms with Gasteiger partial charge in [-0.05, 0) is 0 Å². The second-order valence-electron chi connectivity index (χ2n) is 6.52. The number of hydrogen-bond acceptors (Lipinski definition) is 14. The van der Waals surface area contributed by atoms with E-state index in [1.807, 2.05) is 0 Å². The van der Waals surface area contributed by atoms with Gasteiger partial charge in [0.25, 0.3) is 6.47 Å². The molecule has 0 saturated carbocycles. The summed E-state index contributed by atoms with van der Waals surface area (Å²) in [6.07, 6.45) is 1.74. The number of aromatic nitrogens is 2. The van der Waals surface area contributed by atoms with Gasteiger partial charge in [0.2, 0.25) is 5.88 Å². The van der Waals surface area contributed by atoms with Crippen molar-refractivity contribution in [3.05, 3.63) is 6.33 Å². The van der Waals surface area contributed by atoms with Gasteiger partial charge in [0.05, 0.1) is 52.0 Å². The Balaban J connectivity index is 0.00000122. The SMILES string of the molecule is NCCOCCOCCNC1CN=CNc2c(N)ncnc2OC2COP(O)OC12.O=CO. The molecule has 1 fully saturated rings. The second kappa shape index (κ2) is 15.6. The largest absolute Gasteiger partial charge is 0.483 e. The molecule has 4 atom stereocenters. The lowest BCUT2D eigenvalue weighted by atomic mass is 10.1. The first-order valence-corrected chi connectivity index (χ1v) is 11.2. The molecule has 0 spiro atoms. The first kappa shape index (κ1) is 27.0. The summed E-state index contributed by atoms with van der Waals surface area (Å²) in [6, 6.07) is -0.257. The molecule has 15 nitrogen and oxygen atoms in total. The number of nitrogens with one attached hydrogen (secondary N) is 2. The van der Waals surface area contributed by atoms with Crippen LogP contribution in [0, 0.1) is 0 Å². The summed E-state index contributed by atoms with van der Waals surface area (Å²) in [6.45, 7) is 3.25. The molecule has 2 aliphatic heterocycles. The third-order valence-electron chi connectivity index (χ3n) is 4.32. The highest BCUT2D eigenvalue weighted by Crippen LogP contribution is 2.42. The maximum atomic E-state index is 9.90. The molecule has 0 aromatic carbocycles. The van der Waals surface area contributed by atoms with Crippen molar-refractivity contribution in [2.24, 2.45) is 10.7 Å². The smallest absolute Gasteiger partial charge is 0.330 e. The number of rotatable bonds is 9. The molecule has 33 heavy (non-hydrogen) atoms. The lowest BCUT2D eigenvalue weighted by Gasteiger charge is -2.37. The minimum absolute atomic E-state index is 0.132. The number of carbonyl (C=O) groups is 1. The van der Waals surface area contributed by atoms with Gasteiger partial charge in [-0.25, -0.2) is 4.98 Å². The van der Waals surface area contributed by atoms with Gasteiger partial charge >= 0.3 is 8.60 Å². The molecule has 16 heteroatoms. The monoisotopic (exact) mass is 491 g/mol.